The van der Waals surface area contributed by atoms with Crippen molar-refractivity contribution < 1.29 is 68.6 Å². The van der Waals surface area contributed by atoms with Crippen LogP contribution in [0.25, 0.3) is 0 Å². The van der Waals surface area contributed by atoms with Crippen molar-refractivity contribution in [3.63, 3.8) is 0 Å². The van der Waals surface area contributed by atoms with Crippen LogP contribution in [0.2, 0.25) is 0 Å². The summed E-state index contributed by atoms with van der Waals surface area (Å²) in [5.74, 6) is -1.54. The van der Waals surface area contributed by atoms with Crippen LogP contribution in [0.4, 0.5) is 0 Å². The minimum absolute atomic E-state index is 0.102. The third-order valence-electron chi connectivity index (χ3n) is 9.18. The number of allylic oxidation sites excluding steroid dienone is 2. The lowest BCUT2D eigenvalue weighted by atomic mass is 9.91. The summed E-state index contributed by atoms with van der Waals surface area (Å²) in [5, 5.41) is 61.9. The molecule has 0 aliphatic carbocycles. The Morgan fingerprint density at radius 1 is 0.700 bits per heavy atom. The molecule has 0 saturated carbocycles. The van der Waals surface area contributed by atoms with Crippen LogP contribution in [0.3, 0.4) is 0 Å². The molecule has 0 aromatic rings. The van der Waals surface area contributed by atoms with E-state index < -0.39 is 73.6 Å². The van der Waals surface area contributed by atoms with Crippen LogP contribution in [0.15, 0.2) is 12.2 Å². The largest absolute Gasteiger partial charge is 0.466 e. The zero-order valence-electron chi connectivity index (χ0n) is 30.2. The molecule has 2 aliphatic rings. The van der Waals surface area contributed by atoms with Crippen molar-refractivity contribution in [2.24, 2.45) is 5.92 Å². The molecule has 2 saturated heterocycles. The molecular weight excluding hydrogens is 656 g/mol. The summed E-state index contributed by atoms with van der Waals surface area (Å²) in [6.07, 6.45) is 5.79. The van der Waals surface area contributed by atoms with E-state index in [-0.39, 0.29) is 31.9 Å². The minimum atomic E-state index is -1.57. The fraction of sp³-hybridized carbons (Fsp3) is 0.889. The Morgan fingerprint density at radius 3 is 1.90 bits per heavy atom. The number of hydrogen-bond acceptors (Lipinski definition) is 14. The molecule has 0 amide bonds. The van der Waals surface area contributed by atoms with Gasteiger partial charge in [-0.3, -0.25) is 9.59 Å². The summed E-state index contributed by atoms with van der Waals surface area (Å²) >= 11 is 0. The molecule has 14 nitrogen and oxygen atoms in total. The molecule has 11 unspecified atom stereocenters. The summed E-state index contributed by atoms with van der Waals surface area (Å²) in [4.78, 5) is 22.5. The Morgan fingerprint density at radius 2 is 1.28 bits per heavy atom. The number of hydrogen-bond donors (Lipinski definition) is 6. The molecule has 292 valence electrons. The highest BCUT2D eigenvalue weighted by Gasteiger charge is 2.47. The average molecular weight is 721 g/mol. The highest BCUT2D eigenvalue weighted by Crippen LogP contribution is 2.30. The van der Waals surface area contributed by atoms with Crippen molar-refractivity contribution in [2.75, 3.05) is 33.0 Å². The van der Waals surface area contributed by atoms with Crippen molar-refractivity contribution in [1.29, 1.82) is 0 Å². The van der Waals surface area contributed by atoms with Gasteiger partial charge >= 0.3 is 11.9 Å². The van der Waals surface area contributed by atoms with E-state index in [0.29, 0.717) is 13.0 Å². The van der Waals surface area contributed by atoms with Crippen LogP contribution in [0.1, 0.15) is 104 Å². The van der Waals surface area contributed by atoms with Gasteiger partial charge in [0.05, 0.1) is 44.6 Å². The van der Waals surface area contributed by atoms with E-state index in [1.54, 1.807) is 0 Å². The molecule has 2 aliphatic heterocycles. The predicted molar refractivity (Wildman–Crippen MR) is 182 cm³/mol. The number of carbonyl (C=O) groups is 2. The van der Waals surface area contributed by atoms with Gasteiger partial charge in [0.15, 0.2) is 6.29 Å². The van der Waals surface area contributed by atoms with Gasteiger partial charge in [0, 0.05) is 13.3 Å². The smallest absolute Gasteiger partial charge is 0.305 e. The van der Waals surface area contributed by atoms with Crippen LogP contribution >= 0.6 is 0 Å². The first-order valence-corrected chi connectivity index (χ1v) is 18.5. The second-order valence-electron chi connectivity index (χ2n) is 13.4. The van der Waals surface area contributed by atoms with E-state index in [0.717, 1.165) is 70.6 Å². The molecule has 2 fully saturated rings. The van der Waals surface area contributed by atoms with Crippen LogP contribution < -0.4 is 0 Å². The maximum Gasteiger partial charge on any atom is 0.305 e. The number of aliphatic hydroxyl groups is 6. The third-order valence-corrected chi connectivity index (χ3v) is 9.18. The van der Waals surface area contributed by atoms with E-state index in [2.05, 4.69) is 12.2 Å². The molecule has 50 heavy (non-hydrogen) atoms. The summed E-state index contributed by atoms with van der Waals surface area (Å²) in [6.45, 7) is 4.11. The molecule has 2 rings (SSSR count). The Kier molecular flexibility index (Phi) is 22.5. The second kappa shape index (κ2) is 25.3. The minimum Gasteiger partial charge on any atom is -0.466 e. The van der Waals surface area contributed by atoms with Crippen molar-refractivity contribution in [3.05, 3.63) is 12.2 Å². The normalized spacial score (nSPS) is 30.7. The number of carbonyl (C=O) groups excluding carboxylic acids is 2. The second-order valence-corrected chi connectivity index (χ2v) is 13.4. The number of rotatable bonds is 25. The standard InChI is InChI=1S/C36H64O14/c1-4-46-30(39)19-17-15-13-11-9-7-5-6-8-10-12-14-16-18-24(2)48-36-26(31(40)32(41)27(20-37)50-36)21-45-22-28-33(42)35(44)34(43)29(49-28)23-47-25(3)38/h5-6,24,26-29,31-37,40-44H,4,7-23H2,1-3H3/b6-5+. The molecule has 14 heteroatoms. The Balaban J connectivity index is 1.68. The van der Waals surface area contributed by atoms with E-state index in [1.807, 2.05) is 13.8 Å². The monoisotopic (exact) mass is 720 g/mol. The van der Waals surface area contributed by atoms with Gasteiger partial charge in [-0.1, -0.05) is 50.7 Å². The third kappa shape index (κ3) is 16.3. The Hall–Kier alpha value is -1.72. The van der Waals surface area contributed by atoms with E-state index in [4.69, 9.17) is 28.4 Å². The van der Waals surface area contributed by atoms with Gasteiger partial charge in [-0.15, -0.1) is 0 Å². The Bertz CT molecular complexity index is 950. The summed E-state index contributed by atoms with van der Waals surface area (Å²) in [5.41, 5.74) is 0. The molecule has 2 heterocycles. The lowest BCUT2D eigenvalue weighted by Gasteiger charge is -2.43. The van der Waals surface area contributed by atoms with E-state index in [9.17, 15) is 40.2 Å². The zero-order valence-corrected chi connectivity index (χ0v) is 30.2. The van der Waals surface area contributed by atoms with Crippen molar-refractivity contribution in [2.45, 2.75) is 165 Å². The van der Waals surface area contributed by atoms with Gasteiger partial charge in [0.25, 0.3) is 0 Å². The topological polar surface area (TPSA) is 211 Å². The lowest BCUT2D eigenvalue weighted by Crippen LogP contribution is -2.60. The fourth-order valence-corrected chi connectivity index (χ4v) is 6.15. The molecule has 0 aromatic heterocycles. The first-order valence-electron chi connectivity index (χ1n) is 18.5. The zero-order chi connectivity index (χ0) is 36.9. The molecule has 6 N–H and O–H groups in total. The molecule has 0 spiro atoms. The molecule has 0 bridgehead atoms. The van der Waals surface area contributed by atoms with Gasteiger partial charge in [-0.2, -0.15) is 0 Å². The van der Waals surface area contributed by atoms with Crippen molar-refractivity contribution in [3.8, 4) is 0 Å². The lowest BCUT2D eigenvalue weighted by molar-refractivity contribution is -0.304. The molecule has 0 radical (unpaired) electrons. The highest BCUT2D eigenvalue weighted by molar-refractivity contribution is 5.69. The number of unbranched alkanes of at least 4 members (excludes halogenated alkanes) is 9. The SMILES string of the molecule is CCOC(=O)CCCCCCC/C=C/CCCCCCC(C)OC1OC(CO)C(O)C(O)C1COCC1OC(COC(C)=O)C(O)C(O)C1O. The van der Waals surface area contributed by atoms with E-state index in [1.165, 1.54) is 13.3 Å². The molecular formula is C36H64O14. The van der Waals surface area contributed by atoms with Crippen molar-refractivity contribution in [1.82, 2.24) is 0 Å². The van der Waals surface area contributed by atoms with Crippen molar-refractivity contribution >= 4 is 11.9 Å². The fourth-order valence-electron chi connectivity index (χ4n) is 6.15. The average Bonchev–Trinajstić information content (AvgIpc) is 3.08. The predicted octanol–water partition coefficient (Wildman–Crippen LogP) is 2.07. The highest BCUT2D eigenvalue weighted by atomic mass is 16.7. The van der Waals surface area contributed by atoms with Gasteiger partial charge < -0.3 is 59.1 Å². The first-order chi connectivity index (χ1) is 24.0. The quantitative estimate of drug-likeness (QED) is 0.0453. The number of aliphatic hydroxyl groups excluding tert-OH is 6. The summed E-state index contributed by atoms with van der Waals surface area (Å²) < 4.78 is 33.2. The van der Waals surface area contributed by atoms with Crippen LogP contribution in [-0.2, 0) is 38.0 Å². The Labute approximate surface area is 297 Å². The van der Waals surface area contributed by atoms with Gasteiger partial charge in [0.2, 0.25) is 0 Å². The number of esters is 2. The summed E-state index contributed by atoms with van der Waals surface area (Å²) in [7, 11) is 0. The van der Waals surface area contributed by atoms with Crippen LogP contribution in [0.5, 0.6) is 0 Å². The van der Waals surface area contributed by atoms with Gasteiger partial charge in [0.1, 0.15) is 49.3 Å². The van der Waals surface area contributed by atoms with Crippen LogP contribution in [0, 0.1) is 5.92 Å². The van der Waals surface area contributed by atoms with E-state index >= 15 is 0 Å². The maximum absolute atomic E-state index is 11.3. The molecule has 11 atom stereocenters. The maximum atomic E-state index is 11.3. The first kappa shape index (κ1) is 44.4. The molecule has 0 aromatic carbocycles. The van der Waals surface area contributed by atoms with Gasteiger partial charge in [-0.25, -0.2) is 0 Å². The van der Waals surface area contributed by atoms with Gasteiger partial charge in [-0.05, 0) is 52.4 Å². The van der Waals surface area contributed by atoms with Crippen LogP contribution in [-0.4, -0.2) is 137 Å². The summed E-state index contributed by atoms with van der Waals surface area (Å²) in [6, 6.07) is 0. The number of ether oxygens (including phenoxy) is 6.